The Morgan fingerprint density at radius 1 is 1.38 bits per heavy atom. The van der Waals surface area contributed by atoms with E-state index in [4.69, 9.17) is 9.84 Å². The lowest BCUT2D eigenvalue weighted by molar-refractivity contribution is 0.187. The summed E-state index contributed by atoms with van der Waals surface area (Å²) in [5.41, 5.74) is 0.902. The maximum absolute atomic E-state index is 9.09. The van der Waals surface area contributed by atoms with Crippen molar-refractivity contribution < 1.29 is 9.84 Å². The van der Waals surface area contributed by atoms with Crippen molar-refractivity contribution in [2.45, 2.75) is 25.9 Å². The second-order valence-corrected chi connectivity index (χ2v) is 4.25. The number of nitrogens with one attached hydrogen (secondary N) is 1. The number of ether oxygens (including phenoxy) is 1. The Balaban J connectivity index is 0.00000225. The molecule has 16 heavy (non-hydrogen) atoms. The summed E-state index contributed by atoms with van der Waals surface area (Å²) < 4.78 is 5.14. The lowest BCUT2D eigenvalue weighted by Crippen LogP contribution is -2.42. The molecule has 0 amide bonds. The van der Waals surface area contributed by atoms with E-state index in [2.05, 4.69) is 5.32 Å². The second kappa shape index (κ2) is 6.74. The van der Waals surface area contributed by atoms with Crippen molar-refractivity contribution in [1.29, 1.82) is 0 Å². The minimum Gasteiger partial charge on any atom is -0.497 e. The van der Waals surface area contributed by atoms with Gasteiger partial charge in [-0.05, 0) is 31.5 Å². The Hall–Kier alpha value is -0.770. The molecule has 0 saturated heterocycles. The Labute approximate surface area is 103 Å². The van der Waals surface area contributed by atoms with Crippen LogP contribution in [0.2, 0.25) is 0 Å². The molecule has 0 radical (unpaired) electrons. The highest BCUT2D eigenvalue weighted by molar-refractivity contribution is 5.85. The van der Waals surface area contributed by atoms with Crippen molar-refractivity contribution in [3.05, 3.63) is 29.8 Å². The third-order valence-electron chi connectivity index (χ3n) is 2.30. The van der Waals surface area contributed by atoms with E-state index in [-0.39, 0.29) is 24.6 Å². The minimum absolute atomic E-state index is 0. The zero-order valence-electron chi connectivity index (χ0n) is 9.99. The molecular weight excluding hydrogens is 226 g/mol. The van der Waals surface area contributed by atoms with E-state index < -0.39 is 0 Å². The largest absolute Gasteiger partial charge is 0.497 e. The third kappa shape index (κ3) is 4.84. The van der Waals surface area contributed by atoms with E-state index in [0.717, 1.165) is 17.9 Å². The third-order valence-corrected chi connectivity index (χ3v) is 2.30. The van der Waals surface area contributed by atoms with Gasteiger partial charge in [0.1, 0.15) is 5.75 Å². The molecule has 3 nitrogen and oxygen atoms in total. The van der Waals surface area contributed by atoms with Gasteiger partial charge in [0.2, 0.25) is 0 Å². The van der Waals surface area contributed by atoms with Gasteiger partial charge in [-0.15, -0.1) is 12.4 Å². The summed E-state index contributed by atoms with van der Waals surface area (Å²) in [4.78, 5) is 0. The quantitative estimate of drug-likeness (QED) is 0.834. The highest BCUT2D eigenvalue weighted by Crippen LogP contribution is 2.13. The van der Waals surface area contributed by atoms with E-state index in [9.17, 15) is 0 Å². The van der Waals surface area contributed by atoms with Crippen molar-refractivity contribution in [2.24, 2.45) is 0 Å². The molecule has 0 aromatic heterocycles. The van der Waals surface area contributed by atoms with E-state index in [1.807, 2.05) is 38.1 Å². The lowest BCUT2D eigenvalue weighted by Gasteiger charge is -2.23. The number of aliphatic hydroxyl groups excluding tert-OH is 1. The van der Waals surface area contributed by atoms with Crippen LogP contribution in [0.1, 0.15) is 19.4 Å². The summed E-state index contributed by atoms with van der Waals surface area (Å²) in [6, 6.07) is 7.89. The number of aliphatic hydroxyl groups is 1. The van der Waals surface area contributed by atoms with Crippen molar-refractivity contribution in [3.8, 4) is 5.75 Å². The molecule has 0 aliphatic rings. The maximum Gasteiger partial charge on any atom is 0.119 e. The molecule has 0 spiro atoms. The molecule has 0 unspecified atom stereocenters. The van der Waals surface area contributed by atoms with Crippen LogP contribution in [0.5, 0.6) is 5.75 Å². The van der Waals surface area contributed by atoms with E-state index >= 15 is 0 Å². The van der Waals surface area contributed by atoms with Gasteiger partial charge in [0.05, 0.1) is 13.7 Å². The molecule has 4 heteroatoms. The van der Waals surface area contributed by atoms with Crippen LogP contribution in [-0.4, -0.2) is 24.4 Å². The van der Waals surface area contributed by atoms with E-state index in [1.54, 1.807) is 7.11 Å². The molecule has 0 aliphatic carbocycles. The van der Waals surface area contributed by atoms with Crippen LogP contribution in [0.15, 0.2) is 24.3 Å². The first-order valence-corrected chi connectivity index (χ1v) is 5.06. The number of hydrogen-bond acceptors (Lipinski definition) is 3. The van der Waals surface area contributed by atoms with E-state index in [1.165, 1.54) is 0 Å². The highest BCUT2D eigenvalue weighted by Gasteiger charge is 2.14. The first-order chi connectivity index (χ1) is 7.07. The molecule has 0 saturated carbocycles. The minimum atomic E-state index is -0.247. The lowest BCUT2D eigenvalue weighted by atomic mass is 10.1. The fourth-order valence-corrected chi connectivity index (χ4v) is 1.18. The summed E-state index contributed by atoms with van der Waals surface area (Å²) >= 11 is 0. The number of methoxy groups -OCH3 is 1. The Morgan fingerprint density at radius 2 is 2.06 bits per heavy atom. The SMILES string of the molecule is COc1cccc(CNC(C)(C)CO)c1.Cl. The molecule has 0 fully saturated rings. The van der Waals surface area contributed by atoms with Crippen LogP contribution in [0.3, 0.4) is 0 Å². The summed E-state index contributed by atoms with van der Waals surface area (Å²) in [6.45, 7) is 4.78. The predicted molar refractivity (Wildman–Crippen MR) is 68.2 cm³/mol. The topological polar surface area (TPSA) is 41.5 Å². The van der Waals surface area contributed by atoms with Crippen molar-refractivity contribution >= 4 is 12.4 Å². The standard InChI is InChI=1S/C12H19NO2.ClH/c1-12(2,9-14)13-8-10-5-4-6-11(7-10)15-3;/h4-7,13-14H,8-9H2,1-3H3;1H. The fourth-order valence-electron chi connectivity index (χ4n) is 1.18. The fraction of sp³-hybridized carbons (Fsp3) is 0.500. The molecule has 0 atom stereocenters. The van der Waals surface area contributed by atoms with Crippen LogP contribution >= 0.6 is 12.4 Å². The monoisotopic (exact) mass is 245 g/mol. The molecule has 1 aromatic rings. The van der Waals surface area contributed by atoms with Crippen molar-refractivity contribution in [2.75, 3.05) is 13.7 Å². The highest BCUT2D eigenvalue weighted by atomic mass is 35.5. The zero-order chi connectivity index (χ0) is 11.3. The van der Waals surface area contributed by atoms with Gasteiger partial charge in [-0.1, -0.05) is 12.1 Å². The van der Waals surface area contributed by atoms with E-state index in [0.29, 0.717) is 0 Å². The smallest absolute Gasteiger partial charge is 0.119 e. The average molecular weight is 246 g/mol. The first kappa shape index (κ1) is 15.2. The number of benzene rings is 1. The second-order valence-electron chi connectivity index (χ2n) is 4.25. The van der Waals surface area contributed by atoms with Crippen LogP contribution in [-0.2, 0) is 6.54 Å². The maximum atomic E-state index is 9.09. The molecule has 1 aromatic carbocycles. The van der Waals surface area contributed by atoms with Gasteiger partial charge in [0.25, 0.3) is 0 Å². The van der Waals surface area contributed by atoms with Gasteiger partial charge in [-0.2, -0.15) is 0 Å². The number of rotatable bonds is 5. The van der Waals surface area contributed by atoms with Crippen LogP contribution < -0.4 is 10.1 Å². The normalized spacial score (nSPS) is 10.8. The summed E-state index contributed by atoms with van der Waals surface area (Å²) in [5, 5.41) is 12.4. The molecule has 0 bridgehead atoms. The number of halogens is 1. The predicted octanol–water partition coefficient (Wildman–Crippen LogP) is 1.98. The van der Waals surface area contributed by atoms with Gasteiger partial charge in [0.15, 0.2) is 0 Å². The van der Waals surface area contributed by atoms with Gasteiger partial charge in [-0.25, -0.2) is 0 Å². The molecule has 0 heterocycles. The summed E-state index contributed by atoms with van der Waals surface area (Å²) in [7, 11) is 1.66. The average Bonchev–Trinajstić information content (AvgIpc) is 2.27. The Bertz CT molecular complexity index is 316. The van der Waals surface area contributed by atoms with Gasteiger partial charge < -0.3 is 15.2 Å². The number of hydrogen-bond donors (Lipinski definition) is 2. The van der Waals surface area contributed by atoms with Gasteiger partial charge >= 0.3 is 0 Å². The van der Waals surface area contributed by atoms with Gasteiger partial charge in [0, 0.05) is 12.1 Å². The first-order valence-electron chi connectivity index (χ1n) is 5.06. The molecule has 1 rings (SSSR count). The van der Waals surface area contributed by atoms with Crippen molar-refractivity contribution in [3.63, 3.8) is 0 Å². The summed E-state index contributed by atoms with van der Waals surface area (Å²) in [6.07, 6.45) is 0. The van der Waals surface area contributed by atoms with Crippen LogP contribution in [0, 0.1) is 0 Å². The zero-order valence-corrected chi connectivity index (χ0v) is 10.8. The molecule has 2 N–H and O–H groups in total. The molecule has 0 aliphatic heterocycles. The Kier molecular flexibility index (Phi) is 6.41. The molecule has 92 valence electrons. The van der Waals surface area contributed by atoms with Crippen LogP contribution in [0.4, 0.5) is 0 Å². The molecular formula is C12H20ClNO2. The summed E-state index contributed by atoms with van der Waals surface area (Å²) in [5.74, 6) is 0.858. The Morgan fingerprint density at radius 3 is 2.62 bits per heavy atom. The van der Waals surface area contributed by atoms with Crippen LogP contribution in [0.25, 0.3) is 0 Å². The van der Waals surface area contributed by atoms with Gasteiger partial charge in [-0.3, -0.25) is 0 Å². The van der Waals surface area contributed by atoms with Crippen molar-refractivity contribution in [1.82, 2.24) is 5.32 Å².